The number of amides is 2. The second kappa shape index (κ2) is 7.99. The summed E-state index contributed by atoms with van der Waals surface area (Å²) in [5, 5.41) is 5.30. The number of carbonyl (C=O) groups is 2. The van der Waals surface area contributed by atoms with E-state index in [9.17, 15) is 9.59 Å². The quantitative estimate of drug-likeness (QED) is 0.800. The number of benzene rings is 2. The summed E-state index contributed by atoms with van der Waals surface area (Å²) in [5.41, 5.74) is 0. The third-order valence-electron chi connectivity index (χ3n) is 5.49. The zero-order valence-electron chi connectivity index (χ0n) is 15.5. The van der Waals surface area contributed by atoms with Crippen LogP contribution in [0.4, 0.5) is 0 Å². The number of rotatable bonds is 6. The lowest BCUT2D eigenvalue weighted by Gasteiger charge is -2.31. The molecule has 1 heterocycles. The van der Waals surface area contributed by atoms with Gasteiger partial charge >= 0.3 is 0 Å². The lowest BCUT2D eigenvalue weighted by molar-refractivity contribution is -0.136. The molecule has 0 atom stereocenters. The second-order valence-corrected chi connectivity index (χ2v) is 7.52. The summed E-state index contributed by atoms with van der Waals surface area (Å²) in [6, 6.07) is 14.2. The molecular weight excluding hydrogens is 340 g/mol. The highest BCUT2D eigenvalue weighted by Crippen LogP contribution is 2.32. The summed E-state index contributed by atoms with van der Waals surface area (Å²) in [4.78, 5) is 26.3. The normalized spacial score (nSPS) is 17.7. The minimum atomic E-state index is 0.00826. The molecule has 0 bridgehead atoms. The van der Waals surface area contributed by atoms with Crippen molar-refractivity contribution in [2.75, 3.05) is 26.2 Å². The number of fused-ring (bicyclic) bond motifs is 1. The lowest BCUT2D eigenvalue weighted by atomic mass is 9.95. The summed E-state index contributed by atoms with van der Waals surface area (Å²) in [6.45, 7) is 2.36. The van der Waals surface area contributed by atoms with Crippen LogP contribution in [0.2, 0.25) is 0 Å². The van der Waals surface area contributed by atoms with Gasteiger partial charge in [-0.1, -0.05) is 30.3 Å². The Morgan fingerprint density at radius 1 is 0.963 bits per heavy atom. The minimum absolute atomic E-state index is 0.00826. The molecule has 2 aliphatic rings. The summed E-state index contributed by atoms with van der Waals surface area (Å²) < 4.78 is 5.77. The highest BCUT2D eigenvalue weighted by molar-refractivity contribution is 5.84. The van der Waals surface area contributed by atoms with Crippen LogP contribution < -0.4 is 10.1 Å². The molecule has 4 rings (SSSR count). The van der Waals surface area contributed by atoms with Crippen LogP contribution in [0.25, 0.3) is 10.8 Å². The molecule has 2 aromatic carbocycles. The van der Waals surface area contributed by atoms with Crippen molar-refractivity contribution in [1.29, 1.82) is 0 Å². The first-order valence-electron chi connectivity index (χ1n) is 9.89. The Kier molecular flexibility index (Phi) is 5.28. The Morgan fingerprint density at radius 3 is 2.44 bits per heavy atom. The standard InChI is InChI=1S/C22H26N2O3/c25-21(17-9-12-24(13-10-17)22(26)18-5-6-18)23-11-14-27-20-8-7-16-3-1-2-4-19(16)15-20/h1-4,7-8,15,17-18H,5-6,9-14H2,(H,23,25). The fraction of sp³-hybridized carbons (Fsp3) is 0.455. The van der Waals surface area contributed by atoms with E-state index in [1.165, 1.54) is 5.39 Å². The van der Waals surface area contributed by atoms with E-state index in [4.69, 9.17) is 4.74 Å². The van der Waals surface area contributed by atoms with Crippen LogP contribution in [0.15, 0.2) is 42.5 Å². The number of nitrogens with zero attached hydrogens (tertiary/aromatic N) is 1. The van der Waals surface area contributed by atoms with E-state index in [1.54, 1.807) is 0 Å². The van der Waals surface area contributed by atoms with Gasteiger partial charge in [-0.3, -0.25) is 9.59 Å². The molecule has 2 aromatic rings. The first kappa shape index (κ1) is 17.8. The van der Waals surface area contributed by atoms with Crippen molar-refractivity contribution in [2.24, 2.45) is 11.8 Å². The molecule has 1 N–H and O–H groups in total. The monoisotopic (exact) mass is 366 g/mol. The zero-order valence-corrected chi connectivity index (χ0v) is 15.5. The lowest BCUT2D eigenvalue weighted by Crippen LogP contribution is -2.44. The zero-order chi connectivity index (χ0) is 18.6. The molecular formula is C22H26N2O3. The van der Waals surface area contributed by atoms with Gasteiger partial charge in [-0.2, -0.15) is 0 Å². The number of hydrogen-bond donors (Lipinski definition) is 1. The summed E-state index contributed by atoms with van der Waals surface area (Å²) in [7, 11) is 0. The molecule has 1 saturated carbocycles. The molecule has 1 aliphatic carbocycles. The first-order chi connectivity index (χ1) is 13.2. The van der Waals surface area contributed by atoms with E-state index >= 15 is 0 Å². The molecule has 142 valence electrons. The van der Waals surface area contributed by atoms with Crippen LogP contribution in [0.5, 0.6) is 5.75 Å². The third-order valence-corrected chi connectivity index (χ3v) is 5.49. The Hall–Kier alpha value is -2.56. The molecule has 1 aliphatic heterocycles. The van der Waals surface area contributed by atoms with Gasteiger partial charge in [0.25, 0.3) is 0 Å². The number of hydrogen-bond acceptors (Lipinski definition) is 3. The highest BCUT2D eigenvalue weighted by Gasteiger charge is 2.35. The fourth-order valence-electron chi connectivity index (χ4n) is 3.70. The third kappa shape index (κ3) is 4.41. The molecule has 2 fully saturated rings. The van der Waals surface area contributed by atoms with Crippen molar-refractivity contribution in [3.8, 4) is 5.75 Å². The smallest absolute Gasteiger partial charge is 0.225 e. The largest absolute Gasteiger partial charge is 0.492 e. The summed E-state index contributed by atoms with van der Waals surface area (Å²) >= 11 is 0. The molecule has 1 saturated heterocycles. The maximum absolute atomic E-state index is 12.3. The van der Waals surface area contributed by atoms with Gasteiger partial charge < -0.3 is 15.0 Å². The van der Waals surface area contributed by atoms with Crippen molar-refractivity contribution in [2.45, 2.75) is 25.7 Å². The van der Waals surface area contributed by atoms with Crippen molar-refractivity contribution in [1.82, 2.24) is 10.2 Å². The first-order valence-corrected chi connectivity index (χ1v) is 9.89. The predicted octanol–water partition coefficient (Wildman–Crippen LogP) is 2.98. The maximum atomic E-state index is 12.3. The van der Waals surface area contributed by atoms with Crippen LogP contribution in [0, 0.1) is 11.8 Å². The van der Waals surface area contributed by atoms with E-state index in [0.717, 1.165) is 36.8 Å². The Morgan fingerprint density at radius 2 is 1.70 bits per heavy atom. The van der Waals surface area contributed by atoms with E-state index in [0.29, 0.717) is 26.2 Å². The van der Waals surface area contributed by atoms with Crippen molar-refractivity contribution < 1.29 is 14.3 Å². The maximum Gasteiger partial charge on any atom is 0.225 e. The number of likely N-dealkylation sites (tertiary alicyclic amines) is 1. The molecule has 0 spiro atoms. The highest BCUT2D eigenvalue weighted by atomic mass is 16.5. The Labute approximate surface area is 159 Å². The minimum Gasteiger partial charge on any atom is -0.492 e. The molecule has 0 unspecified atom stereocenters. The van der Waals surface area contributed by atoms with Crippen LogP contribution in [-0.4, -0.2) is 43.0 Å². The van der Waals surface area contributed by atoms with Gasteiger partial charge in [0.1, 0.15) is 12.4 Å². The van der Waals surface area contributed by atoms with Crippen LogP contribution in [0.3, 0.4) is 0 Å². The van der Waals surface area contributed by atoms with Crippen LogP contribution in [-0.2, 0) is 9.59 Å². The van der Waals surface area contributed by atoms with Crippen LogP contribution >= 0.6 is 0 Å². The average Bonchev–Trinajstić information content (AvgIpc) is 3.56. The molecule has 0 aromatic heterocycles. The van der Waals surface area contributed by atoms with Gasteiger partial charge in [0.05, 0.1) is 6.54 Å². The fourth-order valence-corrected chi connectivity index (χ4v) is 3.70. The topological polar surface area (TPSA) is 58.6 Å². The van der Waals surface area contributed by atoms with Crippen molar-refractivity contribution >= 4 is 22.6 Å². The van der Waals surface area contributed by atoms with Gasteiger partial charge in [-0.05, 0) is 48.6 Å². The molecule has 2 amide bonds. The van der Waals surface area contributed by atoms with Crippen molar-refractivity contribution in [3.63, 3.8) is 0 Å². The Balaban J connectivity index is 1.17. The summed E-state index contributed by atoms with van der Waals surface area (Å²) in [6.07, 6.45) is 3.60. The number of nitrogens with one attached hydrogen (secondary N) is 1. The van der Waals surface area contributed by atoms with Crippen molar-refractivity contribution in [3.05, 3.63) is 42.5 Å². The van der Waals surface area contributed by atoms with Gasteiger partial charge in [-0.25, -0.2) is 0 Å². The Bertz CT molecular complexity index is 823. The molecule has 5 nitrogen and oxygen atoms in total. The molecule has 27 heavy (non-hydrogen) atoms. The van der Waals surface area contributed by atoms with Gasteiger partial charge in [0.2, 0.25) is 11.8 Å². The van der Waals surface area contributed by atoms with E-state index < -0.39 is 0 Å². The number of carbonyl (C=O) groups excluding carboxylic acids is 2. The van der Waals surface area contributed by atoms with E-state index in [2.05, 4.69) is 17.4 Å². The molecule has 0 radical (unpaired) electrons. The average molecular weight is 366 g/mol. The van der Waals surface area contributed by atoms with Gasteiger partial charge in [0.15, 0.2) is 0 Å². The number of piperidine rings is 1. The van der Waals surface area contributed by atoms with Crippen LogP contribution in [0.1, 0.15) is 25.7 Å². The summed E-state index contributed by atoms with van der Waals surface area (Å²) in [5.74, 6) is 1.46. The number of ether oxygens (including phenoxy) is 1. The van der Waals surface area contributed by atoms with Gasteiger partial charge in [-0.15, -0.1) is 0 Å². The van der Waals surface area contributed by atoms with E-state index in [1.807, 2.05) is 35.2 Å². The van der Waals surface area contributed by atoms with E-state index in [-0.39, 0.29) is 23.7 Å². The van der Waals surface area contributed by atoms with Gasteiger partial charge in [0, 0.05) is 24.9 Å². The second-order valence-electron chi connectivity index (χ2n) is 7.52. The predicted molar refractivity (Wildman–Crippen MR) is 104 cm³/mol. The molecule has 5 heteroatoms. The SMILES string of the molecule is O=C(NCCOc1ccc2ccccc2c1)C1CCN(C(=O)C2CC2)CC1.